The number of morpholine rings is 1. The summed E-state index contributed by atoms with van der Waals surface area (Å²) in [5, 5.41) is 0. The number of ether oxygens (including phenoxy) is 1. The summed E-state index contributed by atoms with van der Waals surface area (Å²) in [5.41, 5.74) is 2.91. The summed E-state index contributed by atoms with van der Waals surface area (Å²) in [6.07, 6.45) is 3.81. The summed E-state index contributed by atoms with van der Waals surface area (Å²) in [6.45, 7) is 7.52. The van der Waals surface area contributed by atoms with E-state index in [1.807, 2.05) is 0 Å². The lowest BCUT2D eigenvalue weighted by atomic mass is 10.0. The van der Waals surface area contributed by atoms with Gasteiger partial charge in [-0.3, -0.25) is 4.90 Å². The van der Waals surface area contributed by atoms with Gasteiger partial charge in [0.25, 0.3) is 0 Å². The largest absolute Gasteiger partial charge is 0.378 e. The van der Waals surface area contributed by atoms with E-state index < -0.39 is 0 Å². The molecule has 3 rings (SSSR count). The molecule has 2 saturated heterocycles. The maximum Gasteiger partial charge on any atom is 0.0622 e. The van der Waals surface area contributed by atoms with Crippen molar-refractivity contribution in [3.63, 3.8) is 0 Å². The Morgan fingerprint density at radius 1 is 1.05 bits per heavy atom. The molecule has 0 radical (unpaired) electrons. The molecule has 0 saturated carbocycles. The molecule has 2 heterocycles. The quantitative estimate of drug-likeness (QED) is 0.823. The van der Waals surface area contributed by atoms with Crippen LogP contribution in [0.25, 0.3) is 0 Å². The Labute approximate surface area is 116 Å². The fourth-order valence-electron chi connectivity index (χ4n) is 3.43. The molecule has 1 aromatic rings. The lowest BCUT2D eigenvalue weighted by Crippen LogP contribution is -2.45. The summed E-state index contributed by atoms with van der Waals surface area (Å²) in [7, 11) is 0. The first-order valence-electron chi connectivity index (χ1n) is 7.63. The highest BCUT2D eigenvalue weighted by atomic mass is 16.5. The molecule has 0 amide bonds. The number of benzene rings is 1. The molecule has 2 aliphatic rings. The summed E-state index contributed by atoms with van der Waals surface area (Å²) >= 11 is 0. The first-order valence-corrected chi connectivity index (χ1v) is 7.63. The van der Waals surface area contributed by atoms with E-state index in [-0.39, 0.29) is 0 Å². The fourth-order valence-corrected chi connectivity index (χ4v) is 3.43. The lowest BCUT2D eigenvalue weighted by Gasteiger charge is -2.34. The topological polar surface area (TPSA) is 12.5 Å². The average molecular weight is 259 g/mol. The maximum absolute atomic E-state index is 5.65. The second-order valence-electron chi connectivity index (χ2n) is 6.51. The zero-order chi connectivity index (χ0) is 13.2. The zero-order valence-corrected chi connectivity index (χ0v) is 12.1. The molecule has 0 spiro atoms. The minimum Gasteiger partial charge on any atom is -0.378 e. The Morgan fingerprint density at radius 2 is 1.63 bits per heavy atom. The molecule has 2 aliphatic heterocycles. The monoisotopic (exact) mass is 259 g/mol. The van der Waals surface area contributed by atoms with E-state index in [9.17, 15) is 0 Å². The molecule has 104 valence electrons. The number of hydrogen-bond acceptors (Lipinski definition) is 2. The van der Waals surface area contributed by atoms with Crippen molar-refractivity contribution in [2.75, 3.05) is 13.2 Å². The van der Waals surface area contributed by atoms with Gasteiger partial charge in [0.1, 0.15) is 0 Å². The van der Waals surface area contributed by atoms with Gasteiger partial charge in [-0.05, 0) is 36.3 Å². The molecule has 2 nitrogen and oxygen atoms in total. The van der Waals surface area contributed by atoms with Crippen molar-refractivity contribution in [2.45, 2.75) is 51.7 Å². The Bertz CT molecular complexity index is 396. The number of fused-ring (bicyclic) bond motifs is 2. The highest BCUT2D eigenvalue weighted by molar-refractivity contribution is 5.23. The number of hydrogen-bond donors (Lipinski definition) is 0. The van der Waals surface area contributed by atoms with Crippen LogP contribution in [-0.4, -0.2) is 30.2 Å². The van der Waals surface area contributed by atoms with Crippen molar-refractivity contribution in [3.05, 3.63) is 35.4 Å². The fraction of sp³-hybridized carbons (Fsp3) is 0.647. The van der Waals surface area contributed by atoms with E-state index in [0.29, 0.717) is 12.1 Å². The van der Waals surface area contributed by atoms with Crippen LogP contribution in [0.1, 0.15) is 37.8 Å². The minimum atomic E-state index is 0.661. The Kier molecular flexibility index (Phi) is 3.90. The van der Waals surface area contributed by atoms with Crippen molar-refractivity contribution in [1.29, 1.82) is 0 Å². The average Bonchev–Trinajstić information content (AvgIpc) is 2.62. The third kappa shape index (κ3) is 3.01. The third-order valence-corrected chi connectivity index (χ3v) is 4.42. The van der Waals surface area contributed by atoms with Crippen LogP contribution in [0.3, 0.4) is 0 Å². The van der Waals surface area contributed by atoms with Crippen LogP contribution in [0.4, 0.5) is 0 Å². The summed E-state index contributed by atoms with van der Waals surface area (Å²) in [4.78, 5) is 2.65. The van der Waals surface area contributed by atoms with Gasteiger partial charge in [-0.25, -0.2) is 0 Å². The summed E-state index contributed by atoms with van der Waals surface area (Å²) in [5.74, 6) is 0.737. The van der Waals surface area contributed by atoms with Crippen LogP contribution >= 0.6 is 0 Å². The molecule has 2 unspecified atom stereocenters. The smallest absolute Gasteiger partial charge is 0.0622 e. The molecule has 2 heteroatoms. The Morgan fingerprint density at radius 3 is 2.21 bits per heavy atom. The second kappa shape index (κ2) is 5.64. The first kappa shape index (κ1) is 13.1. The molecule has 0 aliphatic carbocycles. The van der Waals surface area contributed by atoms with Crippen LogP contribution in [0.15, 0.2) is 24.3 Å². The van der Waals surface area contributed by atoms with Crippen molar-refractivity contribution in [1.82, 2.24) is 4.90 Å². The van der Waals surface area contributed by atoms with Gasteiger partial charge >= 0.3 is 0 Å². The molecular formula is C17H25NO. The summed E-state index contributed by atoms with van der Waals surface area (Å²) in [6, 6.07) is 10.6. The molecule has 2 atom stereocenters. The SMILES string of the molecule is CC(C)Cc1ccc(CN2C3CCC2COC3)cc1. The van der Waals surface area contributed by atoms with E-state index in [0.717, 1.165) is 25.7 Å². The van der Waals surface area contributed by atoms with Crippen molar-refractivity contribution in [3.8, 4) is 0 Å². The standard InChI is InChI=1S/C17H25NO/c1-13(2)9-14-3-5-15(6-4-14)10-18-16-7-8-17(18)12-19-11-16/h3-6,13,16-17H,7-12H2,1-2H3. The highest BCUT2D eigenvalue weighted by Crippen LogP contribution is 2.30. The first-order chi connectivity index (χ1) is 9.22. The molecule has 0 aromatic heterocycles. The van der Waals surface area contributed by atoms with E-state index in [1.54, 1.807) is 0 Å². The number of rotatable bonds is 4. The zero-order valence-electron chi connectivity index (χ0n) is 12.1. The van der Waals surface area contributed by atoms with Crippen molar-refractivity contribution >= 4 is 0 Å². The van der Waals surface area contributed by atoms with Gasteiger partial charge in [-0.2, -0.15) is 0 Å². The van der Waals surface area contributed by atoms with Crippen LogP contribution < -0.4 is 0 Å². The molecule has 2 fully saturated rings. The van der Waals surface area contributed by atoms with E-state index in [4.69, 9.17) is 4.74 Å². The van der Waals surface area contributed by atoms with Crippen LogP contribution in [-0.2, 0) is 17.7 Å². The molecule has 0 N–H and O–H groups in total. The normalized spacial score (nSPS) is 27.1. The van der Waals surface area contributed by atoms with Gasteiger partial charge in [-0.1, -0.05) is 38.1 Å². The molecule has 1 aromatic carbocycles. The van der Waals surface area contributed by atoms with Crippen LogP contribution in [0, 0.1) is 5.92 Å². The van der Waals surface area contributed by atoms with E-state index in [1.165, 1.54) is 30.4 Å². The van der Waals surface area contributed by atoms with Crippen LogP contribution in [0.2, 0.25) is 0 Å². The molecule has 19 heavy (non-hydrogen) atoms. The predicted molar refractivity (Wildman–Crippen MR) is 78.2 cm³/mol. The van der Waals surface area contributed by atoms with E-state index in [2.05, 4.69) is 43.0 Å². The highest BCUT2D eigenvalue weighted by Gasteiger charge is 2.36. The van der Waals surface area contributed by atoms with Gasteiger partial charge in [-0.15, -0.1) is 0 Å². The van der Waals surface area contributed by atoms with E-state index >= 15 is 0 Å². The van der Waals surface area contributed by atoms with Gasteiger partial charge in [0.05, 0.1) is 13.2 Å². The second-order valence-corrected chi connectivity index (χ2v) is 6.51. The Hall–Kier alpha value is -0.860. The summed E-state index contributed by atoms with van der Waals surface area (Å²) < 4.78 is 5.65. The van der Waals surface area contributed by atoms with Gasteiger partial charge in [0, 0.05) is 18.6 Å². The van der Waals surface area contributed by atoms with Crippen molar-refractivity contribution < 1.29 is 4.74 Å². The van der Waals surface area contributed by atoms with Crippen molar-refractivity contribution in [2.24, 2.45) is 5.92 Å². The van der Waals surface area contributed by atoms with Gasteiger partial charge < -0.3 is 4.74 Å². The Balaban J connectivity index is 1.63. The minimum absolute atomic E-state index is 0.661. The maximum atomic E-state index is 5.65. The predicted octanol–water partition coefficient (Wildman–Crippen LogP) is 3.25. The van der Waals surface area contributed by atoms with Gasteiger partial charge in [0.15, 0.2) is 0 Å². The lowest BCUT2D eigenvalue weighted by molar-refractivity contribution is -0.0186. The molecular weight excluding hydrogens is 234 g/mol. The van der Waals surface area contributed by atoms with Gasteiger partial charge in [0.2, 0.25) is 0 Å². The molecule has 2 bridgehead atoms. The number of nitrogens with zero attached hydrogens (tertiary/aromatic N) is 1. The third-order valence-electron chi connectivity index (χ3n) is 4.42. The van der Waals surface area contributed by atoms with Crippen LogP contribution in [0.5, 0.6) is 0 Å².